The van der Waals surface area contributed by atoms with E-state index in [2.05, 4.69) is 70.1 Å². The number of hydrogen-bond acceptors (Lipinski definition) is 17. The number of carbonyl (C=O) groups excluding carboxylic acids is 10. The number of nitrogens with zero attached hydrogens (tertiary/aromatic N) is 10. The Morgan fingerprint density at radius 1 is 0.333 bits per heavy atom. The van der Waals surface area contributed by atoms with Crippen LogP contribution >= 0.6 is 0 Å². The number of ether oxygens (including phenoxy) is 2. The van der Waals surface area contributed by atoms with Crippen LogP contribution in [-0.4, -0.2) is 159 Å². The highest BCUT2D eigenvalue weighted by Gasteiger charge is 2.26. The lowest BCUT2D eigenvalue weighted by Gasteiger charge is -2.14. The summed E-state index contributed by atoms with van der Waals surface area (Å²) in [5.74, 6) is -7.98. The Morgan fingerprint density at radius 2 is 0.692 bits per heavy atom. The number of aromatic nitrogens is 10. The van der Waals surface area contributed by atoms with Crippen molar-refractivity contribution in [3.8, 4) is 17.2 Å². The van der Waals surface area contributed by atoms with Gasteiger partial charge in [-0.2, -0.15) is 0 Å². The quantitative estimate of drug-likeness (QED) is 0.0158. The van der Waals surface area contributed by atoms with Crippen LogP contribution in [-0.2, 0) is 70.8 Å². The summed E-state index contributed by atoms with van der Waals surface area (Å²) >= 11 is 0. The van der Waals surface area contributed by atoms with E-state index in [9.17, 15) is 72.9 Å². The van der Waals surface area contributed by atoms with Crippen molar-refractivity contribution in [3.63, 3.8) is 0 Å². The van der Waals surface area contributed by atoms with Gasteiger partial charge >= 0.3 is 11.9 Å². The minimum atomic E-state index is -1.30. The molecule has 0 saturated heterocycles. The van der Waals surface area contributed by atoms with Crippen molar-refractivity contribution in [3.05, 3.63) is 149 Å². The third kappa shape index (κ3) is 24.9. The van der Waals surface area contributed by atoms with Crippen LogP contribution in [0.3, 0.4) is 0 Å². The second kappa shape index (κ2) is 41.4. The Balaban J connectivity index is 0.634. The maximum Gasteiger partial charge on any atom is 0.352 e. The molecule has 37 nitrogen and oxygen atoms in total. The van der Waals surface area contributed by atoms with E-state index < -0.39 is 70.9 Å². The summed E-state index contributed by atoms with van der Waals surface area (Å²) in [5.41, 5.74) is 2.29. The molecule has 0 bridgehead atoms. The van der Waals surface area contributed by atoms with E-state index in [4.69, 9.17) is 9.47 Å². The lowest BCUT2D eigenvalue weighted by Crippen LogP contribution is -2.27. The minimum absolute atomic E-state index is 0.000388. The molecule has 0 aliphatic carbocycles. The monoisotopic (exact) mass is 1610 g/mol. The van der Waals surface area contributed by atoms with Gasteiger partial charge in [0.25, 0.3) is 41.4 Å². The number of imidazole rings is 2. The largest absolute Gasteiger partial charge is 0.507 e. The Bertz CT molecular complexity index is 5110. The fourth-order valence-corrected chi connectivity index (χ4v) is 13.0. The maximum absolute atomic E-state index is 13.5. The van der Waals surface area contributed by atoms with Crippen molar-refractivity contribution >= 4 is 117 Å². The van der Waals surface area contributed by atoms with Gasteiger partial charge in [0.2, 0.25) is 29.4 Å². The van der Waals surface area contributed by atoms with E-state index >= 15 is 0 Å². The highest BCUT2D eigenvalue weighted by Crippen LogP contribution is 2.34. The highest BCUT2D eigenvalue weighted by molar-refractivity contribution is 6.10. The fraction of sp³-hybridized carbons (Fsp3) is 0.400. The molecule has 13 N–H and O–H groups in total. The number of hydrogen-bond donors (Lipinski definition) is 13. The number of nitrogens with one attached hydrogen (secondary N) is 10. The van der Waals surface area contributed by atoms with E-state index in [1.165, 1.54) is 201 Å². The standard InChI is InChI=1S/C80H102N20O17/c1-10-11-12-13-14-15-16-17-18-19-20-23-32-117-63-40-55(39-62(101)69(63)80(114)115)116-31-24-21-22-26-66(102)81-30-28-68(104)84-50-34-60(95(4)42-50)76(109)91-64-47-100(9)71(89-64)78(111)92-65-48-99(8)70(90-65)77(110)88-53-35-56(93(2)45-53)72(105)82-29-25-27-67(103)83-49-33-57(94(3)41-49)73(106)85-51-36-58(96(5)43-51)74(107)86-52-37-59(97(6)44-52)75(108)87-54-38-61(79(112)113)98(7)46-54/h33-48,101H,10-32H2,1-9H3,(H,81,102)(H,82,105)(H,83,103)(H,84,104)(H,85,106)(H,86,107)(H,87,108)(H,88,110)(H,91,109)(H,92,111)(H,112,113)(H,114,115). The van der Waals surface area contributed by atoms with E-state index in [-0.39, 0.29) is 137 Å². The normalized spacial score (nSPS) is 11.1. The molecule has 10 amide bonds. The molecule has 8 heterocycles. The second-order valence-electron chi connectivity index (χ2n) is 28.6. The van der Waals surface area contributed by atoms with Gasteiger partial charge in [-0.05, 0) is 68.5 Å². The summed E-state index contributed by atoms with van der Waals surface area (Å²) < 4.78 is 23.2. The molecule has 0 unspecified atom stereocenters. The molecule has 37 heteroatoms. The summed E-state index contributed by atoms with van der Waals surface area (Å²) in [5, 5.41) is 56.7. The molecule has 0 aliphatic rings. The summed E-state index contributed by atoms with van der Waals surface area (Å²) in [7, 11) is 12.6. The van der Waals surface area contributed by atoms with Gasteiger partial charge in [-0.25, -0.2) is 19.6 Å². The average molecular weight is 1620 g/mol. The molecule has 0 fully saturated rings. The SMILES string of the molecule is CCCCCCCCCCCCCCOc1cc(OCCCCCC(=O)NCCC(=O)Nc2cc(C(=O)Nc3cn(C)c(C(=O)Nc4cn(C)c(C(=O)Nc5cc(C(=O)NCCCC(=O)Nc6cc(C(=O)Nc7cc(C(=O)Nc8cc(C(=O)Nc9cc(C(=O)O)n(C)c9)n(C)c8)n(C)c7)n(C)c6)n(C)c5)n4)n3)n(C)c2)cc(O)c1C(=O)O. The Morgan fingerprint density at radius 3 is 1.14 bits per heavy atom. The first-order chi connectivity index (χ1) is 55.9. The lowest BCUT2D eigenvalue weighted by atomic mass is 10.1. The summed E-state index contributed by atoms with van der Waals surface area (Å²) in [6.07, 6.45) is 28.3. The summed E-state index contributed by atoms with van der Waals surface area (Å²) in [6.45, 7) is 2.96. The molecule has 9 aromatic rings. The molecule has 117 heavy (non-hydrogen) atoms. The molecular weight excluding hydrogens is 1510 g/mol. The summed E-state index contributed by atoms with van der Waals surface area (Å²) in [6, 6.07) is 11.3. The number of rotatable bonds is 45. The predicted octanol–water partition coefficient (Wildman–Crippen LogP) is 10.1. The maximum atomic E-state index is 13.5. The Kier molecular flexibility index (Phi) is 30.9. The van der Waals surface area contributed by atoms with Gasteiger partial charge in [0, 0.05) is 150 Å². The number of phenols is 1. The van der Waals surface area contributed by atoms with Crippen LogP contribution in [0.5, 0.6) is 17.2 Å². The zero-order valence-electron chi connectivity index (χ0n) is 67.0. The first-order valence-electron chi connectivity index (χ1n) is 38.6. The van der Waals surface area contributed by atoms with Gasteiger partial charge in [-0.15, -0.1) is 0 Å². The van der Waals surface area contributed by atoms with Crippen molar-refractivity contribution in [1.29, 1.82) is 0 Å². The van der Waals surface area contributed by atoms with Crippen LogP contribution in [0.1, 0.15) is 223 Å². The highest BCUT2D eigenvalue weighted by atomic mass is 16.5. The Labute approximate surface area is 674 Å². The number of anilines is 8. The molecule has 0 spiro atoms. The molecule has 9 rings (SSSR count). The summed E-state index contributed by atoms with van der Waals surface area (Å²) in [4.78, 5) is 164. The molecule has 0 aliphatic heterocycles. The fourth-order valence-electron chi connectivity index (χ4n) is 13.0. The average Bonchev–Trinajstić information content (AvgIpc) is 1.77. The van der Waals surface area contributed by atoms with Crippen molar-refractivity contribution < 1.29 is 82.3 Å². The van der Waals surface area contributed by atoms with E-state index in [1.54, 1.807) is 41.4 Å². The third-order valence-corrected chi connectivity index (χ3v) is 19.0. The van der Waals surface area contributed by atoms with Gasteiger partial charge in [0.1, 0.15) is 57.0 Å². The molecule has 0 saturated carbocycles. The number of carboxylic acids is 2. The third-order valence-electron chi connectivity index (χ3n) is 19.0. The number of aryl methyl sites for hydroxylation is 8. The van der Waals surface area contributed by atoms with Crippen LogP contribution in [0.25, 0.3) is 0 Å². The zero-order valence-corrected chi connectivity index (χ0v) is 67.0. The van der Waals surface area contributed by atoms with Crippen LogP contribution < -0.4 is 62.6 Å². The number of carbonyl (C=O) groups is 12. The van der Waals surface area contributed by atoms with Crippen LogP contribution in [0.4, 0.5) is 45.8 Å². The van der Waals surface area contributed by atoms with Gasteiger partial charge in [0.05, 0.1) is 47.3 Å². The number of aromatic carboxylic acids is 2. The second-order valence-corrected chi connectivity index (χ2v) is 28.6. The topological polar surface area (TPSA) is 470 Å². The van der Waals surface area contributed by atoms with E-state index in [0.29, 0.717) is 48.6 Å². The van der Waals surface area contributed by atoms with Crippen LogP contribution in [0.15, 0.2) is 98.1 Å². The number of aromatic hydroxyl groups is 1. The molecule has 0 atom stereocenters. The smallest absolute Gasteiger partial charge is 0.352 e. The first kappa shape index (κ1) is 87.3. The number of benzene rings is 1. The van der Waals surface area contributed by atoms with Crippen molar-refractivity contribution in [2.45, 2.75) is 129 Å². The van der Waals surface area contributed by atoms with E-state index in [0.717, 1.165) is 25.7 Å². The van der Waals surface area contributed by atoms with Gasteiger partial charge in [-0.1, -0.05) is 77.6 Å². The molecular formula is C80H102N20O17. The van der Waals surface area contributed by atoms with Gasteiger partial charge in [0.15, 0.2) is 11.6 Å². The molecule has 1 aromatic carbocycles. The Hall–Kier alpha value is -13.6. The van der Waals surface area contributed by atoms with Crippen molar-refractivity contribution in [2.75, 3.05) is 68.8 Å². The van der Waals surface area contributed by atoms with Crippen molar-refractivity contribution in [2.24, 2.45) is 56.4 Å². The van der Waals surface area contributed by atoms with Gasteiger partial charge < -0.3 is 114 Å². The predicted molar refractivity (Wildman–Crippen MR) is 436 cm³/mol. The molecule has 0 radical (unpaired) electrons. The van der Waals surface area contributed by atoms with Crippen LogP contribution in [0, 0.1) is 0 Å². The van der Waals surface area contributed by atoms with Crippen LogP contribution in [0.2, 0.25) is 0 Å². The number of carboxylic acid groups (broad SMARTS) is 2. The number of unbranched alkanes of at least 4 members (excludes halogenated alkanes) is 13. The molecule has 624 valence electrons. The zero-order chi connectivity index (χ0) is 84.6. The number of amides is 10. The lowest BCUT2D eigenvalue weighted by molar-refractivity contribution is -0.121. The van der Waals surface area contributed by atoms with Gasteiger partial charge in [-0.3, -0.25) is 47.9 Å². The molecule has 8 aromatic heterocycles. The van der Waals surface area contributed by atoms with E-state index in [1.807, 2.05) is 0 Å². The van der Waals surface area contributed by atoms with Crippen molar-refractivity contribution in [1.82, 2.24) is 57.1 Å². The minimum Gasteiger partial charge on any atom is -0.507 e. The first-order valence-corrected chi connectivity index (χ1v) is 38.6.